The van der Waals surface area contributed by atoms with Crippen molar-refractivity contribution in [3.05, 3.63) is 64.7 Å². The van der Waals surface area contributed by atoms with Gasteiger partial charge in [-0.15, -0.1) is 0 Å². The fourth-order valence-corrected chi connectivity index (χ4v) is 3.74. The molecule has 1 N–H and O–H groups in total. The van der Waals surface area contributed by atoms with Crippen molar-refractivity contribution >= 4 is 11.5 Å². The first kappa shape index (κ1) is 18.2. The van der Waals surface area contributed by atoms with Crippen LogP contribution in [0.1, 0.15) is 46.8 Å². The van der Waals surface area contributed by atoms with Crippen molar-refractivity contribution in [2.24, 2.45) is 0 Å². The molecular formula is C22H24N2O2. The second kappa shape index (κ2) is 7.72. The van der Waals surface area contributed by atoms with Gasteiger partial charge in [0.2, 0.25) is 0 Å². The van der Waals surface area contributed by atoms with E-state index in [1.54, 1.807) is 25.1 Å². The number of rotatable bonds is 5. The number of ether oxygens (including phenoxy) is 1. The second-order valence-corrected chi connectivity index (χ2v) is 6.99. The summed E-state index contributed by atoms with van der Waals surface area (Å²) in [6.45, 7) is 5.85. The predicted molar refractivity (Wildman–Crippen MR) is 103 cm³/mol. The maximum atomic E-state index is 11.7. The van der Waals surface area contributed by atoms with E-state index in [0.717, 1.165) is 31.7 Å². The van der Waals surface area contributed by atoms with Crippen molar-refractivity contribution in [2.75, 3.05) is 25.1 Å². The van der Waals surface area contributed by atoms with Crippen LogP contribution < -0.4 is 5.32 Å². The Morgan fingerprint density at radius 3 is 2.62 bits per heavy atom. The van der Waals surface area contributed by atoms with E-state index in [1.807, 2.05) is 0 Å². The molecule has 134 valence electrons. The van der Waals surface area contributed by atoms with Gasteiger partial charge < -0.3 is 10.1 Å². The summed E-state index contributed by atoms with van der Waals surface area (Å²) in [5.74, 6) is -0.00257. The lowest BCUT2D eigenvalue weighted by Crippen LogP contribution is -2.40. The van der Waals surface area contributed by atoms with Crippen LogP contribution in [0.15, 0.2) is 42.5 Å². The molecule has 0 aromatic heterocycles. The molecule has 2 aromatic carbocycles. The molecule has 0 unspecified atom stereocenters. The lowest BCUT2D eigenvalue weighted by Gasteiger charge is -2.39. The van der Waals surface area contributed by atoms with Crippen LogP contribution in [-0.2, 0) is 10.2 Å². The van der Waals surface area contributed by atoms with Gasteiger partial charge in [-0.1, -0.05) is 24.3 Å². The zero-order chi connectivity index (χ0) is 18.6. The molecule has 0 aliphatic carbocycles. The first-order chi connectivity index (χ1) is 12.6. The van der Waals surface area contributed by atoms with Crippen LogP contribution in [0.5, 0.6) is 0 Å². The molecule has 0 saturated carbocycles. The third kappa shape index (κ3) is 3.63. The Balaban J connectivity index is 1.92. The van der Waals surface area contributed by atoms with Crippen molar-refractivity contribution < 1.29 is 9.53 Å². The molecule has 3 rings (SSSR count). The van der Waals surface area contributed by atoms with Crippen LogP contribution >= 0.6 is 0 Å². The third-order valence-electron chi connectivity index (χ3n) is 5.33. The second-order valence-electron chi connectivity index (χ2n) is 6.99. The predicted octanol–water partition coefficient (Wildman–Crippen LogP) is 4.23. The zero-order valence-electron chi connectivity index (χ0n) is 15.3. The molecule has 1 heterocycles. The number of nitrogens with one attached hydrogen (secondary N) is 1. The highest BCUT2D eigenvalue weighted by Crippen LogP contribution is 2.37. The van der Waals surface area contributed by atoms with E-state index in [9.17, 15) is 10.1 Å². The first-order valence-electron chi connectivity index (χ1n) is 8.98. The quantitative estimate of drug-likeness (QED) is 0.822. The maximum absolute atomic E-state index is 11.7. The van der Waals surface area contributed by atoms with E-state index >= 15 is 0 Å². The number of hydrogen-bond acceptors (Lipinski definition) is 4. The van der Waals surface area contributed by atoms with Crippen molar-refractivity contribution in [3.63, 3.8) is 0 Å². The van der Waals surface area contributed by atoms with Crippen molar-refractivity contribution in [1.82, 2.24) is 0 Å². The lowest BCUT2D eigenvalue weighted by atomic mass is 9.72. The number of aryl methyl sites for hydroxylation is 1. The molecule has 0 amide bonds. The lowest BCUT2D eigenvalue weighted by molar-refractivity contribution is 0.0542. The highest BCUT2D eigenvalue weighted by molar-refractivity contribution is 5.95. The van der Waals surface area contributed by atoms with E-state index in [0.29, 0.717) is 17.7 Å². The van der Waals surface area contributed by atoms with Crippen molar-refractivity contribution in [2.45, 2.75) is 32.1 Å². The van der Waals surface area contributed by atoms with Crippen LogP contribution in [0.3, 0.4) is 0 Å². The van der Waals surface area contributed by atoms with Gasteiger partial charge in [0.1, 0.15) is 6.07 Å². The number of benzene rings is 2. The minimum Gasteiger partial charge on any atom is -0.383 e. The smallest absolute Gasteiger partial charge is 0.159 e. The Bertz CT molecular complexity index is 845. The first-order valence-corrected chi connectivity index (χ1v) is 8.98. The van der Waals surface area contributed by atoms with Gasteiger partial charge in [0, 0.05) is 30.7 Å². The highest BCUT2D eigenvalue weighted by Gasteiger charge is 2.35. The number of nitriles is 1. The van der Waals surface area contributed by atoms with Crippen molar-refractivity contribution in [1.29, 1.82) is 5.26 Å². The fraction of sp³-hybridized carbons (Fsp3) is 0.364. The van der Waals surface area contributed by atoms with E-state index in [4.69, 9.17) is 4.74 Å². The zero-order valence-corrected chi connectivity index (χ0v) is 15.3. The van der Waals surface area contributed by atoms with Crippen LogP contribution in [0.2, 0.25) is 0 Å². The molecule has 1 aliphatic rings. The molecule has 0 bridgehead atoms. The Hall–Kier alpha value is -2.64. The molecule has 4 nitrogen and oxygen atoms in total. The number of carbonyl (C=O) groups excluding carboxylic acids is 1. The molecule has 1 saturated heterocycles. The van der Waals surface area contributed by atoms with Crippen LogP contribution in [-0.4, -0.2) is 25.5 Å². The Morgan fingerprint density at radius 2 is 1.96 bits per heavy atom. The summed E-state index contributed by atoms with van der Waals surface area (Å²) in [5.41, 5.74) is 4.46. The number of hydrogen-bond donors (Lipinski definition) is 1. The summed E-state index contributed by atoms with van der Waals surface area (Å²) in [6.07, 6.45) is 1.86. The maximum Gasteiger partial charge on any atom is 0.159 e. The summed E-state index contributed by atoms with van der Waals surface area (Å²) >= 11 is 0. The summed E-state index contributed by atoms with van der Waals surface area (Å²) in [7, 11) is 0. The van der Waals surface area contributed by atoms with Gasteiger partial charge in [-0.05, 0) is 56.0 Å². The Morgan fingerprint density at radius 1 is 1.23 bits per heavy atom. The van der Waals surface area contributed by atoms with Gasteiger partial charge in [0.15, 0.2) is 5.78 Å². The number of carbonyl (C=O) groups is 1. The summed E-state index contributed by atoms with van der Waals surface area (Å²) in [6, 6.07) is 15.9. The van der Waals surface area contributed by atoms with Gasteiger partial charge in [0.25, 0.3) is 0 Å². The SMILES string of the molecule is CC(=O)c1ccc(C#N)c(NCC2(c3ccccc3C)CCOCC2)c1. The summed E-state index contributed by atoms with van der Waals surface area (Å²) in [4.78, 5) is 11.7. The van der Waals surface area contributed by atoms with Crippen LogP contribution in [0.25, 0.3) is 0 Å². The van der Waals surface area contributed by atoms with E-state index in [1.165, 1.54) is 11.1 Å². The van der Waals surface area contributed by atoms with Gasteiger partial charge in [-0.2, -0.15) is 5.26 Å². The Labute approximate surface area is 154 Å². The standard InChI is InChI=1S/C22H24N2O2/c1-16-5-3-4-6-20(16)22(9-11-26-12-10-22)15-24-21-13-18(17(2)25)7-8-19(21)14-23/h3-8,13,24H,9-12,15H2,1-2H3. The van der Waals surface area contributed by atoms with Crippen molar-refractivity contribution in [3.8, 4) is 6.07 Å². The average molecular weight is 348 g/mol. The topological polar surface area (TPSA) is 62.1 Å². The minimum absolute atomic E-state index is 0.00257. The number of anilines is 1. The third-order valence-corrected chi connectivity index (χ3v) is 5.33. The molecular weight excluding hydrogens is 324 g/mol. The molecule has 0 atom stereocenters. The molecule has 0 spiro atoms. The molecule has 26 heavy (non-hydrogen) atoms. The largest absolute Gasteiger partial charge is 0.383 e. The normalized spacial score (nSPS) is 15.9. The minimum atomic E-state index is -0.0391. The Kier molecular flexibility index (Phi) is 5.39. The number of nitrogens with zero attached hydrogens (tertiary/aromatic N) is 1. The van der Waals surface area contributed by atoms with E-state index in [-0.39, 0.29) is 11.2 Å². The molecule has 2 aromatic rings. The van der Waals surface area contributed by atoms with E-state index < -0.39 is 0 Å². The van der Waals surface area contributed by atoms with Crippen LogP contribution in [0, 0.1) is 18.3 Å². The average Bonchev–Trinajstić information content (AvgIpc) is 2.67. The molecule has 4 heteroatoms. The summed E-state index contributed by atoms with van der Waals surface area (Å²) in [5, 5.41) is 12.9. The highest BCUT2D eigenvalue weighted by atomic mass is 16.5. The number of ketones is 1. The van der Waals surface area contributed by atoms with Crippen LogP contribution in [0.4, 0.5) is 5.69 Å². The molecule has 0 radical (unpaired) electrons. The van der Waals surface area contributed by atoms with Gasteiger partial charge >= 0.3 is 0 Å². The van der Waals surface area contributed by atoms with E-state index in [2.05, 4.69) is 42.6 Å². The van der Waals surface area contributed by atoms with Gasteiger partial charge in [-0.3, -0.25) is 4.79 Å². The molecule has 1 fully saturated rings. The van der Waals surface area contributed by atoms with Gasteiger partial charge in [0.05, 0.1) is 11.3 Å². The number of Topliss-reactive ketones (excluding diaryl/α,β-unsaturated/α-hetero) is 1. The molecule has 1 aliphatic heterocycles. The fourth-order valence-electron chi connectivity index (χ4n) is 3.74. The summed E-state index contributed by atoms with van der Waals surface area (Å²) < 4.78 is 5.61. The monoisotopic (exact) mass is 348 g/mol. The van der Waals surface area contributed by atoms with Gasteiger partial charge in [-0.25, -0.2) is 0 Å².